The van der Waals surface area contributed by atoms with Crippen molar-refractivity contribution in [3.63, 3.8) is 0 Å². The molecule has 0 unspecified atom stereocenters. The third kappa shape index (κ3) is 5.23. The number of hydrogen-bond acceptors (Lipinski definition) is 6. The fraction of sp³-hybridized carbons (Fsp3) is 0.381. The van der Waals surface area contributed by atoms with Gasteiger partial charge in [0.05, 0.1) is 24.4 Å². The molecule has 1 aromatic carbocycles. The molecule has 0 bridgehead atoms. The highest BCUT2D eigenvalue weighted by Gasteiger charge is 2.30. The van der Waals surface area contributed by atoms with E-state index in [1.807, 2.05) is 0 Å². The lowest BCUT2D eigenvalue weighted by molar-refractivity contribution is -0.136. The first-order chi connectivity index (χ1) is 14.0. The molecule has 1 atom stereocenters. The van der Waals surface area contributed by atoms with Crippen LogP contribution >= 0.6 is 0 Å². The number of allylic oxidation sites excluding steroid dienone is 1. The number of benzene rings is 1. The largest absolute Gasteiger partial charge is 0.484 e. The highest BCUT2D eigenvalue weighted by atomic mass is 16.5. The maximum atomic E-state index is 12.1. The molecule has 154 valence electrons. The number of nitrogens with one attached hydrogen (secondary N) is 2. The summed E-state index contributed by atoms with van der Waals surface area (Å²) in [6, 6.07) is 6.87. The Morgan fingerprint density at radius 1 is 1.31 bits per heavy atom. The number of methoxy groups -OCH3 is 1. The molecular weight excluding hydrogens is 376 g/mol. The second-order valence-corrected chi connectivity index (χ2v) is 6.80. The summed E-state index contributed by atoms with van der Waals surface area (Å²) in [7, 11) is 1.27. The van der Waals surface area contributed by atoms with E-state index in [4.69, 9.17) is 14.2 Å². The Morgan fingerprint density at radius 2 is 2.07 bits per heavy atom. The van der Waals surface area contributed by atoms with Gasteiger partial charge in [-0.3, -0.25) is 9.59 Å². The number of carbonyl (C=O) groups excluding carboxylic acids is 3. The van der Waals surface area contributed by atoms with E-state index in [1.54, 1.807) is 37.3 Å². The summed E-state index contributed by atoms with van der Waals surface area (Å²) in [5.74, 6) is -0.611. The van der Waals surface area contributed by atoms with Gasteiger partial charge < -0.3 is 24.8 Å². The molecule has 1 fully saturated rings. The van der Waals surface area contributed by atoms with Crippen LogP contribution in [0.25, 0.3) is 6.08 Å². The van der Waals surface area contributed by atoms with Crippen LogP contribution in [0.15, 0.2) is 41.1 Å². The maximum absolute atomic E-state index is 12.1. The van der Waals surface area contributed by atoms with Gasteiger partial charge in [0.25, 0.3) is 11.8 Å². The number of rotatable bonds is 7. The fourth-order valence-electron chi connectivity index (χ4n) is 3.18. The first kappa shape index (κ1) is 20.6. The van der Waals surface area contributed by atoms with Crippen LogP contribution in [0, 0.1) is 0 Å². The van der Waals surface area contributed by atoms with Crippen molar-refractivity contribution in [1.82, 2.24) is 10.6 Å². The molecule has 2 amide bonds. The number of hydrogen-bond donors (Lipinski definition) is 2. The van der Waals surface area contributed by atoms with E-state index >= 15 is 0 Å². The number of carbonyl (C=O) groups is 3. The van der Waals surface area contributed by atoms with Crippen molar-refractivity contribution in [2.45, 2.75) is 25.9 Å². The molecule has 2 heterocycles. The monoisotopic (exact) mass is 400 g/mol. The van der Waals surface area contributed by atoms with Crippen molar-refractivity contribution >= 4 is 23.9 Å². The molecule has 1 aromatic rings. The van der Waals surface area contributed by atoms with E-state index in [1.165, 1.54) is 7.11 Å². The number of esters is 1. The molecular formula is C21H24N2O6. The van der Waals surface area contributed by atoms with Crippen LogP contribution in [0.3, 0.4) is 0 Å². The summed E-state index contributed by atoms with van der Waals surface area (Å²) in [5, 5.41) is 5.41. The minimum atomic E-state index is -0.568. The minimum Gasteiger partial charge on any atom is -0.484 e. The molecule has 8 nitrogen and oxygen atoms in total. The van der Waals surface area contributed by atoms with E-state index < -0.39 is 5.97 Å². The van der Waals surface area contributed by atoms with Crippen molar-refractivity contribution in [2.75, 3.05) is 26.9 Å². The lowest BCUT2D eigenvalue weighted by Crippen LogP contribution is -2.35. The van der Waals surface area contributed by atoms with E-state index in [0.29, 0.717) is 23.6 Å². The van der Waals surface area contributed by atoms with Gasteiger partial charge >= 0.3 is 5.97 Å². The third-order valence-electron chi connectivity index (χ3n) is 4.69. The minimum absolute atomic E-state index is 0.0895. The SMILES string of the molecule is COC(=O)C1=C(C)NC(=O)/C1=C\c1ccc(OCC(=O)NC[C@H]2CCCO2)cc1. The molecule has 0 spiro atoms. The molecule has 2 N–H and O–H groups in total. The van der Waals surface area contributed by atoms with Gasteiger partial charge in [0.1, 0.15) is 5.75 Å². The van der Waals surface area contributed by atoms with E-state index in [0.717, 1.165) is 19.4 Å². The Kier molecular flexibility index (Phi) is 6.66. The van der Waals surface area contributed by atoms with Gasteiger partial charge in [0.15, 0.2) is 6.61 Å². The van der Waals surface area contributed by atoms with E-state index in [-0.39, 0.29) is 35.7 Å². The molecule has 0 aromatic heterocycles. The molecule has 3 rings (SSSR count). The van der Waals surface area contributed by atoms with Gasteiger partial charge in [-0.15, -0.1) is 0 Å². The van der Waals surface area contributed by atoms with E-state index in [2.05, 4.69) is 10.6 Å². The molecule has 1 saturated heterocycles. The highest BCUT2D eigenvalue weighted by molar-refractivity contribution is 6.16. The lowest BCUT2D eigenvalue weighted by atomic mass is 10.0. The van der Waals surface area contributed by atoms with E-state index in [9.17, 15) is 14.4 Å². The Balaban J connectivity index is 1.57. The Hall–Kier alpha value is -3.13. The Morgan fingerprint density at radius 3 is 2.72 bits per heavy atom. The first-order valence-corrected chi connectivity index (χ1v) is 9.41. The standard InChI is InChI=1S/C21H24N2O6/c1-13-19(21(26)27-2)17(20(25)23-13)10-14-5-7-15(8-6-14)29-12-18(24)22-11-16-4-3-9-28-16/h5-8,10,16H,3-4,9,11-12H2,1-2H3,(H,22,24)(H,23,25)/b17-10-/t16-/m1/s1. The maximum Gasteiger partial charge on any atom is 0.340 e. The summed E-state index contributed by atoms with van der Waals surface area (Å²) >= 11 is 0. The van der Waals surface area contributed by atoms with Crippen molar-refractivity contribution in [3.8, 4) is 5.75 Å². The second-order valence-electron chi connectivity index (χ2n) is 6.80. The van der Waals surface area contributed by atoms with Crippen LogP contribution in [0.2, 0.25) is 0 Å². The third-order valence-corrected chi connectivity index (χ3v) is 4.69. The molecule has 0 aliphatic carbocycles. The molecule has 8 heteroatoms. The zero-order valence-corrected chi connectivity index (χ0v) is 16.4. The predicted molar refractivity (Wildman–Crippen MR) is 105 cm³/mol. The lowest BCUT2D eigenvalue weighted by Gasteiger charge is -2.11. The van der Waals surface area contributed by atoms with Crippen LogP contribution in [-0.2, 0) is 23.9 Å². The van der Waals surface area contributed by atoms with Crippen molar-refractivity contribution in [1.29, 1.82) is 0 Å². The number of amides is 2. The average Bonchev–Trinajstić information content (AvgIpc) is 3.33. The molecule has 2 aliphatic rings. The van der Waals surface area contributed by atoms with Gasteiger partial charge in [0.2, 0.25) is 0 Å². The Bertz CT molecular complexity index is 850. The van der Waals surface area contributed by atoms with Gasteiger partial charge in [-0.2, -0.15) is 0 Å². The van der Waals surface area contributed by atoms with Crippen LogP contribution in [0.5, 0.6) is 5.75 Å². The highest BCUT2D eigenvalue weighted by Crippen LogP contribution is 2.25. The topological polar surface area (TPSA) is 103 Å². The van der Waals surface area contributed by atoms with Crippen LogP contribution in [-0.4, -0.2) is 50.8 Å². The molecule has 2 aliphatic heterocycles. The zero-order valence-electron chi connectivity index (χ0n) is 16.4. The van der Waals surface area contributed by atoms with Crippen molar-refractivity contribution in [2.24, 2.45) is 0 Å². The smallest absolute Gasteiger partial charge is 0.340 e. The molecule has 29 heavy (non-hydrogen) atoms. The second kappa shape index (κ2) is 9.38. The molecule has 0 saturated carbocycles. The van der Waals surface area contributed by atoms with Crippen LogP contribution in [0.1, 0.15) is 25.3 Å². The fourth-order valence-corrected chi connectivity index (χ4v) is 3.18. The van der Waals surface area contributed by atoms with Gasteiger partial charge in [0, 0.05) is 18.8 Å². The van der Waals surface area contributed by atoms with Crippen molar-refractivity contribution < 1.29 is 28.6 Å². The normalized spacial score (nSPS) is 20.0. The summed E-state index contributed by atoms with van der Waals surface area (Å²) in [4.78, 5) is 35.9. The first-order valence-electron chi connectivity index (χ1n) is 9.41. The van der Waals surface area contributed by atoms with Gasteiger partial charge in [-0.05, 0) is 43.5 Å². The predicted octanol–water partition coefficient (Wildman–Crippen LogP) is 1.32. The Labute approximate surface area is 168 Å². The number of ether oxygens (including phenoxy) is 3. The van der Waals surface area contributed by atoms with Crippen LogP contribution in [0.4, 0.5) is 0 Å². The summed E-state index contributed by atoms with van der Waals surface area (Å²) in [5.41, 5.74) is 1.64. The summed E-state index contributed by atoms with van der Waals surface area (Å²) < 4.78 is 15.7. The summed E-state index contributed by atoms with van der Waals surface area (Å²) in [6.07, 6.45) is 3.68. The van der Waals surface area contributed by atoms with Crippen molar-refractivity contribution in [3.05, 3.63) is 46.7 Å². The quantitative estimate of drug-likeness (QED) is 0.529. The molecule has 0 radical (unpaired) electrons. The van der Waals surface area contributed by atoms with Crippen LogP contribution < -0.4 is 15.4 Å². The van der Waals surface area contributed by atoms with Gasteiger partial charge in [-0.1, -0.05) is 12.1 Å². The summed E-state index contributed by atoms with van der Waals surface area (Å²) in [6.45, 7) is 2.79. The van der Waals surface area contributed by atoms with Gasteiger partial charge in [-0.25, -0.2) is 4.79 Å². The zero-order chi connectivity index (χ0) is 20.8. The average molecular weight is 400 g/mol.